The van der Waals surface area contributed by atoms with E-state index in [0.29, 0.717) is 17.9 Å². The lowest BCUT2D eigenvalue weighted by molar-refractivity contribution is -0.132. The maximum Gasteiger partial charge on any atom is 0.223 e. The van der Waals surface area contributed by atoms with Gasteiger partial charge in [0, 0.05) is 24.8 Å². The average Bonchev–Trinajstić information content (AvgIpc) is 3.18. The minimum absolute atomic E-state index is 0.382. The molecule has 1 saturated heterocycles. The van der Waals surface area contributed by atoms with Crippen LogP contribution in [0.1, 0.15) is 32.1 Å². The number of carbonyl (C=O) groups is 1. The van der Waals surface area contributed by atoms with E-state index < -0.39 is 0 Å². The lowest BCUT2D eigenvalue weighted by Crippen LogP contribution is -2.42. The van der Waals surface area contributed by atoms with Gasteiger partial charge in [0.1, 0.15) is 0 Å². The van der Waals surface area contributed by atoms with Crippen molar-refractivity contribution in [2.24, 2.45) is 5.92 Å². The van der Waals surface area contributed by atoms with Gasteiger partial charge < -0.3 is 10.2 Å². The summed E-state index contributed by atoms with van der Waals surface area (Å²) in [5.74, 6) is 2.03. The molecule has 1 aliphatic heterocycles. The van der Waals surface area contributed by atoms with E-state index in [9.17, 15) is 4.79 Å². The van der Waals surface area contributed by atoms with Gasteiger partial charge in [0.2, 0.25) is 5.91 Å². The highest BCUT2D eigenvalue weighted by molar-refractivity contribution is 7.98. The number of nitrogens with one attached hydrogen (secondary N) is 1. The summed E-state index contributed by atoms with van der Waals surface area (Å²) in [4.78, 5) is 14.3. The van der Waals surface area contributed by atoms with Crippen molar-refractivity contribution in [3.8, 4) is 0 Å². The third-order valence-electron chi connectivity index (χ3n) is 3.68. The van der Waals surface area contributed by atoms with E-state index in [-0.39, 0.29) is 0 Å². The lowest BCUT2D eigenvalue weighted by atomic mass is 9.99. The molecule has 4 heteroatoms. The van der Waals surface area contributed by atoms with E-state index in [0.717, 1.165) is 31.8 Å². The Bertz CT molecular complexity index is 250. The van der Waals surface area contributed by atoms with Crippen LogP contribution in [0.4, 0.5) is 0 Å². The van der Waals surface area contributed by atoms with Crippen LogP contribution >= 0.6 is 11.8 Å². The Morgan fingerprint density at radius 2 is 2.24 bits per heavy atom. The van der Waals surface area contributed by atoms with Crippen LogP contribution in [0.2, 0.25) is 0 Å². The predicted molar refractivity (Wildman–Crippen MR) is 73.3 cm³/mol. The first-order chi connectivity index (χ1) is 8.31. The molecule has 0 bridgehead atoms. The maximum atomic E-state index is 12.1. The van der Waals surface area contributed by atoms with Crippen molar-refractivity contribution in [3.63, 3.8) is 0 Å². The highest BCUT2D eigenvalue weighted by atomic mass is 32.2. The number of carbonyl (C=O) groups excluding carboxylic acids is 1. The summed E-state index contributed by atoms with van der Waals surface area (Å²) in [6.45, 7) is 3.24. The molecule has 0 aromatic heterocycles. The molecule has 1 atom stereocenters. The molecular weight excluding hydrogens is 232 g/mol. The minimum Gasteiger partial charge on any atom is -0.339 e. The summed E-state index contributed by atoms with van der Waals surface area (Å²) in [5.41, 5.74) is 0. The van der Waals surface area contributed by atoms with Gasteiger partial charge in [-0.1, -0.05) is 0 Å². The predicted octanol–water partition coefficient (Wildman–Crippen LogP) is 1.73. The second-order valence-corrected chi connectivity index (χ2v) is 6.22. The minimum atomic E-state index is 0.382. The van der Waals surface area contributed by atoms with E-state index in [1.165, 1.54) is 25.7 Å². The van der Waals surface area contributed by atoms with Crippen LogP contribution in [0.25, 0.3) is 0 Å². The van der Waals surface area contributed by atoms with Gasteiger partial charge in [0.05, 0.1) is 0 Å². The van der Waals surface area contributed by atoms with Gasteiger partial charge in [0.25, 0.3) is 0 Å². The third-order valence-corrected chi connectivity index (χ3v) is 4.29. The van der Waals surface area contributed by atoms with Gasteiger partial charge in [0.15, 0.2) is 0 Å². The normalized spacial score (nSPS) is 24.6. The quantitative estimate of drug-likeness (QED) is 0.785. The van der Waals surface area contributed by atoms with Crippen molar-refractivity contribution in [1.82, 2.24) is 10.2 Å². The number of hydrogen-bond acceptors (Lipinski definition) is 3. The Morgan fingerprint density at radius 3 is 2.82 bits per heavy atom. The molecule has 1 aliphatic carbocycles. The van der Waals surface area contributed by atoms with Crippen LogP contribution in [0.15, 0.2) is 0 Å². The van der Waals surface area contributed by atoms with Gasteiger partial charge >= 0.3 is 0 Å². The lowest BCUT2D eigenvalue weighted by Gasteiger charge is -2.30. The molecule has 1 unspecified atom stereocenters. The van der Waals surface area contributed by atoms with Gasteiger partial charge in [-0.2, -0.15) is 11.8 Å². The fourth-order valence-corrected chi connectivity index (χ4v) is 2.91. The molecule has 1 amide bonds. The first-order valence-electron chi connectivity index (χ1n) is 6.80. The number of amides is 1. The van der Waals surface area contributed by atoms with Gasteiger partial charge in [-0.25, -0.2) is 0 Å². The first kappa shape index (κ1) is 13.2. The molecule has 2 aliphatic rings. The number of hydrogen-bond donors (Lipinski definition) is 1. The first-order valence-corrected chi connectivity index (χ1v) is 8.19. The molecule has 1 N–H and O–H groups in total. The van der Waals surface area contributed by atoms with E-state index in [1.807, 2.05) is 0 Å². The Morgan fingerprint density at radius 1 is 1.41 bits per heavy atom. The zero-order chi connectivity index (χ0) is 12.1. The van der Waals surface area contributed by atoms with Gasteiger partial charge in [-0.15, -0.1) is 0 Å². The zero-order valence-electron chi connectivity index (χ0n) is 10.8. The Labute approximate surface area is 109 Å². The fourth-order valence-electron chi connectivity index (χ4n) is 2.53. The molecule has 2 fully saturated rings. The van der Waals surface area contributed by atoms with Crippen LogP contribution < -0.4 is 5.32 Å². The second-order valence-electron chi connectivity index (χ2n) is 5.23. The Hall–Kier alpha value is -0.220. The SMILES string of the molecule is CSCCC(=O)N(CC1CCCNC1)C1CC1. The van der Waals surface area contributed by atoms with Gasteiger partial charge in [-0.3, -0.25) is 4.79 Å². The topological polar surface area (TPSA) is 32.3 Å². The highest BCUT2D eigenvalue weighted by Crippen LogP contribution is 2.29. The number of nitrogens with zero attached hydrogens (tertiary/aromatic N) is 1. The van der Waals surface area contributed by atoms with E-state index >= 15 is 0 Å². The van der Waals surface area contributed by atoms with Crippen LogP contribution in [0, 0.1) is 5.92 Å². The molecule has 2 rings (SSSR count). The highest BCUT2D eigenvalue weighted by Gasteiger charge is 2.33. The molecule has 1 heterocycles. The number of thioether (sulfide) groups is 1. The molecule has 3 nitrogen and oxygen atoms in total. The van der Waals surface area contributed by atoms with Gasteiger partial charge in [-0.05, 0) is 50.9 Å². The van der Waals surface area contributed by atoms with Crippen molar-refractivity contribution < 1.29 is 4.79 Å². The van der Waals surface area contributed by atoms with Crippen molar-refractivity contribution in [2.45, 2.75) is 38.1 Å². The standard InChI is InChI=1S/C13H24N2OS/c1-17-8-6-13(16)15(12-4-5-12)10-11-3-2-7-14-9-11/h11-12,14H,2-10H2,1H3. The molecular formula is C13H24N2OS. The number of rotatable bonds is 6. The second kappa shape index (κ2) is 6.64. The summed E-state index contributed by atoms with van der Waals surface area (Å²) in [5, 5.41) is 3.44. The summed E-state index contributed by atoms with van der Waals surface area (Å²) in [6.07, 6.45) is 7.79. The van der Waals surface area contributed by atoms with E-state index in [2.05, 4.69) is 16.5 Å². The smallest absolute Gasteiger partial charge is 0.223 e. The summed E-state index contributed by atoms with van der Waals surface area (Å²) in [6, 6.07) is 0.575. The summed E-state index contributed by atoms with van der Waals surface area (Å²) < 4.78 is 0. The molecule has 17 heavy (non-hydrogen) atoms. The maximum absolute atomic E-state index is 12.1. The van der Waals surface area contributed by atoms with E-state index in [1.54, 1.807) is 11.8 Å². The Balaban J connectivity index is 1.81. The van der Waals surface area contributed by atoms with Crippen LogP contribution in [0.3, 0.4) is 0 Å². The molecule has 98 valence electrons. The zero-order valence-corrected chi connectivity index (χ0v) is 11.6. The molecule has 0 radical (unpaired) electrons. The monoisotopic (exact) mass is 256 g/mol. The van der Waals surface area contributed by atoms with Crippen LogP contribution in [-0.4, -0.2) is 48.5 Å². The summed E-state index contributed by atoms with van der Waals surface area (Å²) >= 11 is 1.77. The largest absolute Gasteiger partial charge is 0.339 e. The summed E-state index contributed by atoms with van der Waals surface area (Å²) in [7, 11) is 0. The van der Waals surface area contributed by atoms with Crippen LogP contribution in [-0.2, 0) is 4.79 Å². The average molecular weight is 256 g/mol. The van der Waals surface area contributed by atoms with E-state index in [4.69, 9.17) is 0 Å². The fraction of sp³-hybridized carbons (Fsp3) is 0.923. The Kier molecular flexibility index (Phi) is 5.16. The molecule has 0 aromatic rings. The molecule has 0 spiro atoms. The van der Waals surface area contributed by atoms with Crippen molar-refractivity contribution in [2.75, 3.05) is 31.6 Å². The third kappa shape index (κ3) is 4.18. The molecule has 1 saturated carbocycles. The van der Waals surface area contributed by atoms with Crippen LogP contribution in [0.5, 0.6) is 0 Å². The van der Waals surface area contributed by atoms with Crippen molar-refractivity contribution in [1.29, 1.82) is 0 Å². The van der Waals surface area contributed by atoms with Crippen molar-refractivity contribution in [3.05, 3.63) is 0 Å². The molecule has 0 aromatic carbocycles. The number of piperidine rings is 1. The van der Waals surface area contributed by atoms with Crippen molar-refractivity contribution >= 4 is 17.7 Å².